The summed E-state index contributed by atoms with van der Waals surface area (Å²) >= 11 is 0. The molecule has 1 saturated heterocycles. The van der Waals surface area contributed by atoms with Crippen molar-refractivity contribution in [3.8, 4) is 0 Å². The molecule has 2 aliphatic rings. The highest BCUT2D eigenvalue weighted by atomic mass is 16.5. The topological polar surface area (TPSA) is 24.5 Å². The molecular weight excluding hydrogens is 224 g/mol. The minimum atomic E-state index is 0.361. The lowest BCUT2D eigenvalue weighted by Crippen LogP contribution is -2.50. The van der Waals surface area contributed by atoms with Crippen molar-refractivity contribution in [3.05, 3.63) is 35.4 Å². The Hall–Kier alpha value is -0.900. The van der Waals surface area contributed by atoms with Crippen LogP contribution in [0.1, 0.15) is 24.1 Å². The molecule has 1 fully saturated rings. The number of nitrogens with zero attached hydrogens (tertiary/aromatic N) is 1. The maximum absolute atomic E-state index is 5.65. The first-order valence-corrected chi connectivity index (χ1v) is 6.90. The third kappa shape index (κ3) is 2.07. The van der Waals surface area contributed by atoms with Crippen molar-refractivity contribution in [2.45, 2.75) is 31.5 Å². The quantitative estimate of drug-likeness (QED) is 0.857. The van der Waals surface area contributed by atoms with E-state index in [1.165, 1.54) is 11.1 Å². The molecule has 1 heterocycles. The molecule has 0 bridgehead atoms. The van der Waals surface area contributed by atoms with Gasteiger partial charge < -0.3 is 10.1 Å². The van der Waals surface area contributed by atoms with Gasteiger partial charge in [-0.1, -0.05) is 24.3 Å². The third-order valence-corrected chi connectivity index (χ3v) is 4.26. The van der Waals surface area contributed by atoms with Crippen LogP contribution in [0.25, 0.3) is 0 Å². The summed E-state index contributed by atoms with van der Waals surface area (Å²) in [7, 11) is 2.07. The van der Waals surface area contributed by atoms with Gasteiger partial charge in [0, 0.05) is 25.2 Å². The normalized spacial score (nSPS) is 32.4. The molecule has 0 spiro atoms. The lowest BCUT2D eigenvalue weighted by Gasteiger charge is -2.38. The molecule has 1 aromatic rings. The van der Waals surface area contributed by atoms with Gasteiger partial charge in [-0.2, -0.15) is 0 Å². The summed E-state index contributed by atoms with van der Waals surface area (Å²) in [5.74, 6) is 0. The van der Waals surface area contributed by atoms with Crippen LogP contribution >= 0.6 is 0 Å². The van der Waals surface area contributed by atoms with Gasteiger partial charge in [0.15, 0.2) is 0 Å². The number of nitrogens with one attached hydrogen (secondary N) is 1. The highest BCUT2D eigenvalue weighted by Crippen LogP contribution is 2.34. The van der Waals surface area contributed by atoms with Gasteiger partial charge >= 0.3 is 0 Å². The van der Waals surface area contributed by atoms with E-state index in [1.54, 1.807) is 0 Å². The van der Waals surface area contributed by atoms with Crippen molar-refractivity contribution in [1.82, 2.24) is 10.2 Å². The van der Waals surface area contributed by atoms with Gasteiger partial charge in [0.25, 0.3) is 0 Å². The van der Waals surface area contributed by atoms with E-state index in [0.717, 1.165) is 26.1 Å². The molecule has 3 heteroatoms. The maximum Gasteiger partial charge on any atom is 0.0674 e. The van der Waals surface area contributed by atoms with Gasteiger partial charge in [0.2, 0.25) is 0 Å². The van der Waals surface area contributed by atoms with Crippen molar-refractivity contribution in [2.75, 3.05) is 26.7 Å². The number of morpholine rings is 1. The van der Waals surface area contributed by atoms with Crippen molar-refractivity contribution >= 4 is 0 Å². The molecule has 1 aliphatic carbocycles. The summed E-state index contributed by atoms with van der Waals surface area (Å²) in [6, 6.07) is 9.87. The summed E-state index contributed by atoms with van der Waals surface area (Å²) in [6.07, 6.45) is 1.52. The van der Waals surface area contributed by atoms with Gasteiger partial charge in [0.1, 0.15) is 0 Å². The summed E-state index contributed by atoms with van der Waals surface area (Å²) in [4.78, 5) is 2.59. The summed E-state index contributed by atoms with van der Waals surface area (Å²) in [5, 5.41) is 3.50. The Bertz CT molecular complexity index is 421. The van der Waals surface area contributed by atoms with Crippen LogP contribution in [0.5, 0.6) is 0 Å². The predicted molar refractivity (Wildman–Crippen MR) is 72.7 cm³/mol. The molecule has 3 nitrogen and oxygen atoms in total. The lowest BCUT2D eigenvalue weighted by atomic mass is 10.1. The Morgan fingerprint density at radius 1 is 1.33 bits per heavy atom. The van der Waals surface area contributed by atoms with Crippen LogP contribution < -0.4 is 5.32 Å². The monoisotopic (exact) mass is 246 g/mol. The zero-order valence-electron chi connectivity index (χ0n) is 11.2. The highest BCUT2D eigenvalue weighted by molar-refractivity contribution is 5.37. The van der Waals surface area contributed by atoms with Gasteiger partial charge in [-0.3, -0.25) is 4.90 Å². The Labute approximate surface area is 109 Å². The second kappa shape index (κ2) is 5.00. The molecule has 18 heavy (non-hydrogen) atoms. The zero-order chi connectivity index (χ0) is 12.5. The Morgan fingerprint density at radius 2 is 2.17 bits per heavy atom. The molecule has 1 aromatic carbocycles. The Balaban J connectivity index is 1.82. The number of hydrogen-bond acceptors (Lipinski definition) is 3. The summed E-state index contributed by atoms with van der Waals surface area (Å²) in [6.45, 7) is 5.14. The number of likely N-dealkylation sites (N-methyl/N-ethyl adjacent to an activating group) is 1. The first-order chi connectivity index (χ1) is 8.79. The smallest absolute Gasteiger partial charge is 0.0674 e. The minimum Gasteiger partial charge on any atom is -0.376 e. The average Bonchev–Trinajstić information content (AvgIpc) is 2.77. The number of ether oxygens (including phenoxy) is 1. The Morgan fingerprint density at radius 3 is 2.94 bits per heavy atom. The molecule has 3 unspecified atom stereocenters. The van der Waals surface area contributed by atoms with Gasteiger partial charge in [0.05, 0.1) is 12.7 Å². The minimum absolute atomic E-state index is 0.361. The van der Waals surface area contributed by atoms with Crippen LogP contribution in [-0.2, 0) is 11.2 Å². The van der Waals surface area contributed by atoms with Crippen molar-refractivity contribution < 1.29 is 4.74 Å². The number of hydrogen-bond donors (Lipinski definition) is 1. The van der Waals surface area contributed by atoms with Crippen LogP contribution in [0.4, 0.5) is 0 Å². The number of benzene rings is 1. The average molecular weight is 246 g/mol. The summed E-state index contributed by atoms with van der Waals surface area (Å²) < 4.78 is 5.65. The molecule has 3 atom stereocenters. The van der Waals surface area contributed by atoms with E-state index in [1.807, 2.05) is 0 Å². The van der Waals surface area contributed by atoms with Crippen LogP contribution in [0.15, 0.2) is 24.3 Å². The fourth-order valence-electron chi connectivity index (χ4n) is 3.41. The molecule has 0 amide bonds. The fourth-order valence-corrected chi connectivity index (χ4v) is 3.41. The number of fused-ring (bicyclic) bond motifs is 1. The largest absolute Gasteiger partial charge is 0.376 e. The zero-order valence-corrected chi connectivity index (χ0v) is 11.2. The van der Waals surface area contributed by atoms with Crippen molar-refractivity contribution in [3.63, 3.8) is 0 Å². The van der Waals surface area contributed by atoms with Crippen LogP contribution in [0.2, 0.25) is 0 Å². The molecule has 3 rings (SSSR count). The first kappa shape index (κ1) is 12.2. The van der Waals surface area contributed by atoms with E-state index in [9.17, 15) is 0 Å². The lowest BCUT2D eigenvalue weighted by molar-refractivity contribution is -0.0375. The van der Waals surface area contributed by atoms with Crippen LogP contribution in [-0.4, -0.2) is 43.8 Å². The molecule has 98 valence electrons. The molecule has 1 aliphatic heterocycles. The molecule has 0 saturated carbocycles. The Kier molecular flexibility index (Phi) is 3.37. The predicted octanol–water partition coefficient (Wildman–Crippen LogP) is 1.59. The first-order valence-electron chi connectivity index (χ1n) is 6.90. The van der Waals surface area contributed by atoms with Crippen molar-refractivity contribution in [1.29, 1.82) is 0 Å². The van der Waals surface area contributed by atoms with Crippen LogP contribution in [0.3, 0.4) is 0 Å². The van der Waals surface area contributed by atoms with E-state index in [2.05, 4.69) is 48.5 Å². The molecule has 0 aromatic heterocycles. The van der Waals surface area contributed by atoms with E-state index in [0.29, 0.717) is 18.2 Å². The molecule has 1 N–H and O–H groups in total. The standard InChI is InChI=1S/C15H22N2O/c1-11-10-17(7-8-18-11)14-9-12-5-3-4-6-13(12)15(14)16-2/h3-6,11,14-16H,7-10H2,1-2H3. The number of rotatable bonds is 2. The fraction of sp³-hybridized carbons (Fsp3) is 0.600. The SMILES string of the molecule is CNC1c2ccccc2CC1N1CCOC(C)C1. The molecular formula is C15H22N2O. The van der Waals surface area contributed by atoms with Gasteiger partial charge in [-0.15, -0.1) is 0 Å². The summed E-state index contributed by atoms with van der Waals surface area (Å²) in [5.41, 5.74) is 2.98. The van der Waals surface area contributed by atoms with Gasteiger partial charge in [-0.05, 0) is 31.5 Å². The second-order valence-electron chi connectivity index (χ2n) is 5.41. The molecule has 0 radical (unpaired) electrons. The van der Waals surface area contributed by atoms with Crippen LogP contribution in [0, 0.1) is 0 Å². The maximum atomic E-state index is 5.65. The van der Waals surface area contributed by atoms with E-state index in [-0.39, 0.29) is 0 Å². The highest BCUT2D eigenvalue weighted by Gasteiger charge is 2.36. The second-order valence-corrected chi connectivity index (χ2v) is 5.41. The van der Waals surface area contributed by atoms with Crippen molar-refractivity contribution in [2.24, 2.45) is 0 Å². The van der Waals surface area contributed by atoms with E-state index in [4.69, 9.17) is 4.74 Å². The van der Waals surface area contributed by atoms with Gasteiger partial charge in [-0.25, -0.2) is 0 Å². The third-order valence-electron chi connectivity index (χ3n) is 4.26. The van der Waals surface area contributed by atoms with E-state index < -0.39 is 0 Å². The van der Waals surface area contributed by atoms with E-state index >= 15 is 0 Å².